The Labute approximate surface area is 172 Å². The van der Waals surface area contributed by atoms with Crippen LogP contribution in [0.4, 0.5) is 0 Å². The topological polar surface area (TPSA) is 67.4 Å². The average Bonchev–Trinajstić information content (AvgIpc) is 2.72. The average molecular weight is 415 g/mol. The van der Waals surface area contributed by atoms with E-state index in [0.29, 0.717) is 15.8 Å². The molecule has 3 aromatic rings. The van der Waals surface area contributed by atoms with E-state index < -0.39 is 11.8 Å². The summed E-state index contributed by atoms with van der Waals surface area (Å²) in [6.45, 7) is 0.271. The molecule has 0 spiro atoms. The van der Waals surface area contributed by atoms with Crippen LogP contribution in [0.5, 0.6) is 5.75 Å². The first-order chi connectivity index (χ1) is 13.5. The van der Waals surface area contributed by atoms with Crippen LogP contribution < -0.4 is 15.6 Å². The molecule has 0 aliphatic carbocycles. The molecule has 0 aromatic heterocycles. The molecule has 0 aliphatic rings. The van der Waals surface area contributed by atoms with Crippen molar-refractivity contribution in [1.29, 1.82) is 0 Å². The molecule has 0 heterocycles. The van der Waals surface area contributed by atoms with Gasteiger partial charge in [-0.15, -0.1) is 0 Å². The highest BCUT2D eigenvalue weighted by molar-refractivity contribution is 6.33. The van der Waals surface area contributed by atoms with Gasteiger partial charge in [-0.2, -0.15) is 0 Å². The Kier molecular flexibility index (Phi) is 6.53. The maximum absolute atomic E-state index is 12.5. The third-order valence-electron chi connectivity index (χ3n) is 3.85. The Morgan fingerprint density at radius 2 is 1.32 bits per heavy atom. The number of para-hydroxylation sites is 1. The van der Waals surface area contributed by atoms with Gasteiger partial charge in [-0.3, -0.25) is 20.4 Å². The van der Waals surface area contributed by atoms with Crippen LogP contribution in [-0.4, -0.2) is 11.8 Å². The van der Waals surface area contributed by atoms with Crippen molar-refractivity contribution < 1.29 is 14.3 Å². The molecule has 5 nitrogen and oxygen atoms in total. The lowest BCUT2D eigenvalue weighted by atomic mass is 10.2. The number of carbonyl (C=O) groups excluding carboxylic acids is 2. The van der Waals surface area contributed by atoms with Crippen molar-refractivity contribution >= 4 is 35.0 Å². The van der Waals surface area contributed by atoms with E-state index in [1.807, 2.05) is 12.1 Å². The number of ether oxygens (including phenoxy) is 1. The fraction of sp³-hybridized carbons (Fsp3) is 0.0476. The summed E-state index contributed by atoms with van der Waals surface area (Å²) >= 11 is 11.9. The molecule has 2 amide bonds. The number of halogens is 2. The zero-order chi connectivity index (χ0) is 19.9. The summed E-state index contributed by atoms with van der Waals surface area (Å²) in [6.07, 6.45) is 0. The largest absolute Gasteiger partial charge is 0.488 e. The molecular weight excluding hydrogens is 399 g/mol. The third-order valence-corrected chi connectivity index (χ3v) is 4.43. The van der Waals surface area contributed by atoms with Gasteiger partial charge < -0.3 is 4.74 Å². The highest BCUT2D eigenvalue weighted by atomic mass is 35.5. The molecule has 3 rings (SSSR count). The maximum atomic E-state index is 12.5. The predicted molar refractivity (Wildman–Crippen MR) is 109 cm³/mol. The van der Waals surface area contributed by atoms with Gasteiger partial charge in [0.1, 0.15) is 12.4 Å². The van der Waals surface area contributed by atoms with Crippen molar-refractivity contribution in [3.63, 3.8) is 0 Å². The van der Waals surface area contributed by atoms with E-state index in [0.717, 1.165) is 5.56 Å². The fourth-order valence-corrected chi connectivity index (χ4v) is 2.76. The SMILES string of the molecule is O=C(NNC(=O)c1ccccc1OCc1ccc(Cl)cc1)c1ccccc1Cl. The predicted octanol–water partition coefficient (Wildman–Crippen LogP) is 4.65. The minimum absolute atomic E-state index is 0.261. The number of benzene rings is 3. The summed E-state index contributed by atoms with van der Waals surface area (Å²) in [6, 6.07) is 20.5. The minimum atomic E-state index is -0.515. The van der Waals surface area contributed by atoms with Gasteiger partial charge in [-0.05, 0) is 42.0 Å². The molecule has 0 fully saturated rings. The fourth-order valence-electron chi connectivity index (χ4n) is 2.42. The molecule has 0 saturated carbocycles. The molecule has 0 unspecified atom stereocenters. The van der Waals surface area contributed by atoms with E-state index in [-0.39, 0.29) is 17.7 Å². The standard InChI is InChI=1S/C21H16Cl2N2O3/c22-15-11-9-14(10-12-15)13-28-19-8-4-2-6-17(19)21(27)25-24-20(26)16-5-1-3-7-18(16)23/h1-12H,13H2,(H,24,26)(H,25,27). The second-order valence-corrected chi connectivity index (χ2v) is 6.64. The molecule has 142 valence electrons. The summed E-state index contributed by atoms with van der Waals surface area (Å²) in [5.41, 5.74) is 6.19. The van der Waals surface area contributed by atoms with Crippen LogP contribution in [0.3, 0.4) is 0 Å². The third kappa shape index (κ3) is 5.03. The highest BCUT2D eigenvalue weighted by Gasteiger charge is 2.15. The number of hydrogen-bond donors (Lipinski definition) is 2. The van der Waals surface area contributed by atoms with Gasteiger partial charge in [0.2, 0.25) is 0 Å². The summed E-state index contributed by atoms with van der Waals surface area (Å²) < 4.78 is 5.76. The molecule has 0 atom stereocenters. The van der Waals surface area contributed by atoms with Gasteiger partial charge in [-0.25, -0.2) is 0 Å². The second kappa shape index (κ2) is 9.26. The van der Waals surface area contributed by atoms with Crippen LogP contribution in [0.15, 0.2) is 72.8 Å². The smallest absolute Gasteiger partial charge is 0.273 e. The van der Waals surface area contributed by atoms with Gasteiger partial charge in [0, 0.05) is 5.02 Å². The summed E-state index contributed by atoms with van der Waals surface area (Å²) in [7, 11) is 0. The van der Waals surface area contributed by atoms with Crippen LogP contribution in [-0.2, 0) is 6.61 Å². The van der Waals surface area contributed by atoms with Crippen LogP contribution in [0.25, 0.3) is 0 Å². The number of nitrogens with one attached hydrogen (secondary N) is 2. The van der Waals surface area contributed by atoms with Crippen molar-refractivity contribution in [3.8, 4) is 5.75 Å². The molecule has 28 heavy (non-hydrogen) atoms. The molecule has 7 heteroatoms. The van der Waals surface area contributed by atoms with Gasteiger partial charge in [0.05, 0.1) is 16.1 Å². The van der Waals surface area contributed by atoms with E-state index in [4.69, 9.17) is 27.9 Å². The Bertz CT molecular complexity index is 991. The molecule has 0 bridgehead atoms. The van der Waals surface area contributed by atoms with Crippen molar-refractivity contribution in [1.82, 2.24) is 10.9 Å². The van der Waals surface area contributed by atoms with Crippen molar-refractivity contribution in [2.75, 3.05) is 0 Å². The van der Waals surface area contributed by atoms with Gasteiger partial charge in [0.15, 0.2) is 0 Å². The number of rotatable bonds is 5. The zero-order valence-electron chi connectivity index (χ0n) is 14.6. The number of hydrogen-bond acceptors (Lipinski definition) is 3. The number of carbonyl (C=O) groups is 2. The van der Waals surface area contributed by atoms with E-state index in [9.17, 15) is 9.59 Å². The van der Waals surface area contributed by atoms with Gasteiger partial charge >= 0.3 is 0 Å². The van der Waals surface area contributed by atoms with Crippen LogP contribution in [0.1, 0.15) is 26.3 Å². The molecule has 0 aliphatic heterocycles. The van der Waals surface area contributed by atoms with Gasteiger partial charge in [0.25, 0.3) is 11.8 Å². The van der Waals surface area contributed by atoms with Crippen LogP contribution >= 0.6 is 23.2 Å². The summed E-state index contributed by atoms with van der Waals surface area (Å²) in [5.74, 6) is -0.632. The zero-order valence-corrected chi connectivity index (χ0v) is 16.1. The molecular formula is C21H16Cl2N2O3. The maximum Gasteiger partial charge on any atom is 0.273 e. The van der Waals surface area contributed by atoms with E-state index in [1.54, 1.807) is 60.7 Å². The molecule has 3 aromatic carbocycles. The highest BCUT2D eigenvalue weighted by Crippen LogP contribution is 2.20. The lowest BCUT2D eigenvalue weighted by Gasteiger charge is -2.13. The van der Waals surface area contributed by atoms with Crippen molar-refractivity contribution in [3.05, 3.63) is 99.5 Å². The van der Waals surface area contributed by atoms with Crippen molar-refractivity contribution in [2.24, 2.45) is 0 Å². The lowest BCUT2D eigenvalue weighted by Crippen LogP contribution is -2.41. The van der Waals surface area contributed by atoms with Gasteiger partial charge in [-0.1, -0.05) is 59.6 Å². The number of hydrazine groups is 1. The Morgan fingerprint density at radius 1 is 0.750 bits per heavy atom. The van der Waals surface area contributed by atoms with Crippen molar-refractivity contribution in [2.45, 2.75) is 6.61 Å². The van der Waals surface area contributed by atoms with E-state index in [2.05, 4.69) is 10.9 Å². The summed E-state index contributed by atoms with van der Waals surface area (Å²) in [4.78, 5) is 24.7. The first-order valence-corrected chi connectivity index (χ1v) is 9.11. The first-order valence-electron chi connectivity index (χ1n) is 8.36. The molecule has 0 radical (unpaired) electrons. The normalized spacial score (nSPS) is 10.2. The quantitative estimate of drug-likeness (QED) is 0.597. The number of amides is 2. The molecule has 0 saturated heterocycles. The summed E-state index contributed by atoms with van der Waals surface area (Å²) in [5, 5.41) is 0.929. The van der Waals surface area contributed by atoms with E-state index in [1.165, 1.54) is 0 Å². The Hall–Kier alpha value is -3.02. The second-order valence-electron chi connectivity index (χ2n) is 5.80. The van der Waals surface area contributed by atoms with Crippen LogP contribution in [0.2, 0.25) is 10.0 Å². The molecule has 2 N–H and O–H groups in total. The lowest BCUT2D eigenvalue weighted by molar-refractivity contribution is 0.0844. The monoisotopic (exact) mass is 414 g/mol. The first kappa shape index (κ1) is 19.7. The minimum Gasteiger partial charge on any atom is -0.488 e. The Morgan fingerprint density at radius 3 is 2.00 bits per heavy atom. The van der Waals surface area contributed by atoms with Crippen LogP contribution in [0, 0.1) is 0 Å². The Balaban J connectivity index is 1.64. The van der Waals surface area contributed by atoms with E-state index >= 15 is 0 Å².